The number of carbonyl (C=O) groups is 2. The average Bonchev–Trinajstić information content (AvgIpc) is 2.44. The van der Waals surface area contributed by atoms with Crippen LogP contribution in [0.25, 0.3) is 0 Å². The summed E-state index contributed by atoms with van der Waals surface area (Å²) >= 11 is 0. The predicted octanol–water partition coefficient (Wildman–Crippen LogP) is 5.11. The molecule has 0 rings (SSSR count). The minimum atomic E-state index is -1.65. The Morgan fingerprint density at radius 2 is 1.14 bits per heavy atom. The van der Waals surface area contributed by atoms with Crippen molar-refractivity contribution >= 4 is 11.9 Å². The molecule has 0 aromatic rings. The van der Waals surface area contributed by atoms with Crippen molar-refractivity contribution in [2.24, 2.45) is 10.8 Å². The Kier molecular flexibility index (Phi) is 9.38. The van der Waals surface area contributed by atoms with Crippen LogP contribution in [0, 0.1) is 10.8 Å². The highest BCUT2D eigenvalue weighted by Gasteiger charge is 2.60. The Morgan fingerprint density at radius 3 is 1.45 bits per heavy atom. The van der Waals surface area contributed by atoms with E-state index in [0.29, 0.717) is 25.7 Å². The molecule has 22 heavy (non-hydrogen) atoms. The van der Waals surface area contributed by atoms with Crippen LogP contribution in [0.3, 0.4) is 0 Å². The Labute approximate surface area is 135 Å². The summed E-state index contributed by atoms with van der Waals surface area (Å²) in [6.45, 7) is 8.01. The molecule has 0 aromatic carbocycles. The van der Waals surface area contributed by atoms with Crippen LogP contribution in [0.1, 0.15) is 91.9 Å². The van der Waals surface area contributed by atoms with Crippen molar-refractivity contribution in [3.63, 3.8) is 0 Å². The van der Waals surface area contributed by atoms with E-state index in [1.807, 2.05) is 20.8 Å². The third kappa shape index (κ3) is 4.23. The van der Waals surface area contributed by atoms with Gasteiger partial charge in [0, 0.05) is 0 Å². The molecule has 0 aliphatic heterocycles. The molecule has 0 aromatic heterocycles. The SMILES string of the molecule is CCCCCC(CCC)(CCC)C(CCC)(C(=O)O)C(=O)O. The van der Waals surface area contributed by atoms with Gasteiger partial charge in [0.25, 0.3) is 0 Å². The smallest absolute Gasteiger partial charge is 0.321 e. The van der Waals surface area contributed by atoms with Crippen molar-refractivity contribution in [3.05, 3.63) is 0 Å². The van der Waals surface area contributed by atoms with Crippen molar-refractivity contribution < 1.29 is 19.8 Å². The molecule has 0 atom stereocenters. The zero-order valence-electron chi connectivity index (χ0n) is 14.8. The first-order valence-corrected chi connectivity index (χ1v) is 8.85. The second kappa shape index (κ2) is 9.86. The monoisotopic (exact) mass is 314 g/mol. The fraction of sp³-hybridized carbons (Fsp3) is 0.889. The van der Waals surface area contributed by atoms with E-state index < -0.39 is 22.8 Å². The van der Waals surface area contributed by atoms with E-state index >= 15 is 0 Å². The molecule has 0 heterocycles. The molecule has 0 saturated carbocycles. The normalized spacial score (nSPS) is 12.4. The van der Waals surface area contributed by atoms with Crippen molar-refractivity contribution in [1.82, 2.24) is 0 Å². The average molecular weight is 314 g/mol. The van der Waals surface area contributed by atoms with Crippen LogP contribution in [0.2, 0.25) is 0 Å². The van der Waals surface area contributed by atoms with Crippen molar-refractivity contribution in [3.8, 4) is 0 Å². The first-order chi connectivity index (χ1) is 10.4. The molecule has 2 N–H and O–H groups in total. The molecule has 0 saturated heterocycles. The second-order valence-corrected chi connectivity index (χ2v) is 6.50. The Balaban J connectivity index is 5.97. The summed E-state index contributed by atoms with van der Waals surface area (Å²) in [6.07, 6.45) is 7.43. The molecule has 0 aliphatic carbocycles. The van der Waals surface area contributed by atoms with E-state index in [0.717, 1.165) is 32.1 Å². The summed E-state index contributed by atoms with van der Waals surface area (Å²) in [5.74, 6) is -2.31. The number of aliphatic carboxylic acids is 2. The van der Waals surface area contributed by atoms with E-state index in [9.17, 15) is 19.8 Å². The summed E-state index contributed by atoms with van der Waals surface area (Å²) < 4.78 is 0. The van der Waals surface area contributed by atoms with Gasteiger partial charge in [0.15, 0.2) is 5.41 Å². The standard InChI is InChI=1S/C18H34O4/c1-5-9-10-14-17(11-6-2,12-7-3)18(13-8-4,15(19)20)16(21)22/h5-14H2,1-4H3,(H,19,20)(H,21,22). The van der Waals surface area contributed by atoms with Gasteiger partial charge in [0.05, 0.1) is 0 Å². The van der Waals surface area contributed by atoms with Gasteiger partial charge in [-0.1, -0.05) is 66.2 Å². The van der Waals surface area contributed by atoms with Gasteiger partial charge in [0.2, 0.25) is 0 Å². The highest BCUT2D eigenvalue weighted by molar-refractivity contribution is 5.99. The topological polar surface area (TPSA) is 74.6 Å². The van der Waals surface area contributed by atoms with Crippen molar-refractivity contribution in [2.45, 2.75) is 91.9 Å². The lowest BCUT2D eigenvalue weighted by Crippen LogP contribution is -2.53. The van der Waals surface area contributed by atoms with Gasteiger partial charge in [-0.2, -0.15) is 0 Å². The number of hydrogen-bond donors (Lipinski definition) is 2. The molecular formula is C18H34O4. The zero-order valence-corrected chi connectivity index (χ0v) is 14.8. The molecule has 4 nitrogen and oxygen atoms in total. The molecule has 0 spiro atoms. The molecular weight excluding hydrogens is 280 g/mol. The van der Waals surface area contributed by atoms with E-state index in [4.69, 9.17) is 0 Å². The highest BCUT2D eigenvalue weighted by Crippen LogP contribution is 2.53. The van der Waals surface area contributed by atoms with Crippen molar-refractivity contribution in [1.29, 1.82) is 0 Å². The number of hydrogen-bond acceptors (Lipinski definition) is 2. The second-order valence-electron chi connectivity index (χ2n) is 6.50. The van der Waals surface area contributed by atoms with Gasteiger partial charge in [-0.15, -0.1) is 0 Å². The third-order valence-electron chi connectivity index (χ3n) is 4.98. The highest BCUT2D eigenvalue weighted by atomic mass is 16.4. The van der Waals surface area contributed by atoms with Crippen LogP contribution in [-0.2, 0) is 9.59 Å². The predicted molar refractivity (Wildman–Crippen MR) is 89.0 cm³/mol. The van der Waals surface area contributed by atoms with Gasteiger partial charge < -0.3 is 10.2 Å². The zero-order chi connectivity index (χ0) is 17.2. The molecule has 4 heteroatoms. The van der Waals surface area contributed by atoms with E-state index in [1.165, 1.54) is 0 Å². The number of rotatable bonds is 13. The lowest BCUT2D eigenvalue weighted by atomic mass is 9.55. The van der Waals surface area contributed by atoms with Crippen LogP contribution in [0.4, 0.5) is 0 Å². The number of carboxylic acids is 2. The largest absolute Gasteiger partial charge is 0.480 e. The van der Waals surface area contributed by atoms with Gasteiger partial charge in [0.1, 0.15) is 0 Å². The lowest BCUT2D eigenvalue weighted by Gasteiger charge is -2.46. The first-order valence-electron chi connectivity index (χ1n) is 8.85. The maximum atomic E-state index is 12.1. The van der Waals surface area contributed by atoms with Crippen LogP contribution in [0.15, 0.2) is 0 Å². The maximum Gasteiger partial charge on any atom is 0.321 e. The molecule has 0 radical (unpaired) electrons. The van der Waals surface area contributed by atoms with Gasteiger partial charge >= 0.3 is 11.9 Å². The van der Waals surface area contributed by atoms with Gasteiger partial charge in [-0.05, 0) is 31.1 Å². The van der Waals surface area contributed by atoms with Gasteiger partial charge in [-0.3, -0.25) is 9.59 Å². The summed E-state index contributed by atoms with van der Waals surface area (Å²) in [5, 5.41) is 19.8. The molecule has 130 valence electrons. The number of carboxylic acid groups (broad SMARTS) is 2. The van der Waals surface area contributed by atoms with Crippen LogP contribution >= 0.6 is 0 Å². The Morgan fingerprint density at radius 1 is 0.682 bits per heavy atom. The molecule has 0 unspecified atom stereocenters. The number of unbranched alkanes of at least 4 members (excludes halogenated alkanes) is 2. The molecule has 0 amide bonds. The van der Waals surface area contributed by atoms with E-state index in [1.54, 1.807) is 0 Å². The summed E-state index contributed by atoms with van der Waals surface area (Å²) in [5.41, 5.74) is -2.29. The fourth-order valence-corrected chi connectivity index (χ4v) is 4.08. The summed E-state index contributed by atoms with van der Waals surface area (Å²) in [4.78, 5) is 24.2. The fourth-order valence-electron chi connectivity index (χ4n) is 4.08. The molecule has 0 aliphatic rings. The summed E-state index contributed by atoms with van der Waals surface area (Å²) in [6, 6.07) is 0. The third-order valence-corrected chi connectivity index (χ3v) is 4.98. The Bertz CT molecular complexity index is 329. The van der Waals surface area contributed by atoms with E-state index in [-0.39, 0.29) is 6.42 Å². The van der Waals surface area contributed by atoms with Gasteiger partial charge in [-0.25, -0.2) is 0 Å². The van der Waals surface area contributed by atoms with Crippen molar-refractivity contribution in [2.75, 3.05) is 0 Å². The quantitative estimate of drug-likeness (QED) is 0.366. The first kappa shape index (κ1) is 20.9. The van der Waals surface area contributed by atoms with E-state index in [2.05, 4.69) is 6.92 Å². The summed E-state index contributed by atoms with van der Waals surface area (Å²) in [7, 11) is 0. The molecule has 0 fully saturated rings. The minimum absolute atomic E-state index is 0.212. The minimum Gasteiger partial charge on any atom is -0.480 e. The van der Waals surface area contributed by atoms with Crippen LogP contribution in [-0.4, -0.2) is 22.2 Å². The van der Waals surface area contributed by atoms with Crippen LogP contribution < -0.4 is 0 Å². The maximum absolute atomic E-state index is 12.1. The van der Waals surface area contributed by atoms with Crippen LogP contribution in [0.5, 0.6) is 0 Å². The molecule has 0 bridgehead atoms. The lowest BCUT2D eigenvalue weighted by molar-refractivity contribution is -0.180. The Hall–Kier alpha value is -1.06.